The third kappa shape index (κ3) is 5.11. The largest absolute Gasteiger partial charge is 0.507 e. The standard InChI is InChI=1S/C30H25N3O4/c1-20-3-2-4-22(17-20)19-37-25-7-5-24(6-8-25)28(34)26-27(23-11-15-32-16-12-23)33(30(36)29(26)35)18-21-9-13-31-14-10-21/h2-17,27,34H,18-19H2,1H3/b28-26+/t27-/m0/s1. The van der Waals surface area contributed by atoms with Crippen LogP contribution < -0.4 is 4.74 Å². The number of hydrogen-bond donors (Lipinski definition) is 1. The number of nitrogens with zero attached hydrogens (tertiary/aromatic N) is 3. The minimum absolute atomic E-state index is 0.0404. The number of likely N-dealkylation sites (tertiary alicyclic amines) is 1. The molecule has 184 valence electrons. The molecule has 0 bridgehead atoms. The van der Waals surface area contributed by atoms with Gasteiger partial charge in [-0.25, -0.2) is 0 Å². The van der Waals surface area contributed by atoms with Crippen molar-refractivity contribution in [1.29, 1.82) is 0 Å². The molecule has 7 nitrogen and oxygen atoms in total. The van der Waals surface area contributed by atoms with Gasteiger partial charge < -0.3 is 14.7 Å². The minimum Gasteiger partial charge on any atom is -0.507 e. The van der Waals surface area contributed by atoms with E-state index in [0.29, 0.717) is 23.5 Å². The molecule has 0 spiro atoms. The number of aliphatic hydroxyl groups is 1. The molecule has 0 radical (unpaired) electrons. The molecule has 1 N–H and O–H groups in total. The van der Waals surface area contributed by atoms with E-state index in [1.807, 2.05) is 25.1 Å². The first-order chi connectivity index (χ1) is 18.0. The van der Waals surface area contributed by atoms with Crippen LogP contribution in [0, 0.1) is 6.92 Å². The van der Waals surface area contributed by atoms with E-state index in [9.17, 15) is 14.7 Å². The number of aryl methyl sites for hydroxylation is 1. The van der Waals surface area contributed by atoms with E-state index < -0.39 is 17.7 Å². The average molecular weight is 492 g/mol. The lowest BCUT2D eigenvalue weighted by Gasteiger charge is -2.25. The third-order valence-electron chi connectivity index (χ3n) is 6.28. The summed E-state index contributed by atoms with van der Waals surface area (Å²) >= 11 is 0. The Morgan fingerprint density at radius 3 is 2.24 bits per heavy atom. The molecule has 1 aliphatic rings. The lowest BCUT2D eigenvalue weighted by Crippen LogP contribution is -2.29. The maximum absolute atomic E-state index is 13.2. The normalized spacial score (nSPS) is 16.7. The Hall–Kier alpha value is -4.78. The van der Waals surface area contributed by atoms with E-state index in [-0.39, 0.29) is 17.9 Å². The van der Waals surface area contributed by atoms with Crippen LogP contribution in [0.1, 0.15) is 33.9 Å². The van der Waals surface area contributed by atoms with Gasteiger partial charge in [-0.1, -0.05) is 29.8 Å². The molecule has 3 heterocycles. The van der Waals surface area contributed by atoms with Gasteiger partial charge in [0.05, 0.1) is 11.6 Å². The zero-order valence-electron chi connectivity index (χ0n) is 20.2. The number of aromatic nitrogens is 2. The molecule has 5 rings (SSSR count). The topological polar surface area (TPSA) is 92.6 Å². The highest BCUT2D eigenvalue weighted by atomic mass is 16.5. The van der Waals surface area contributed by atoms with Crippen LogP contribution in [0.15, 0.2) is 103 Å². The van der Waals surface area contributed by atoms with Crippen molar-refractivity contribution in [2.75, 3.05) is 0 Å². The van der Waals surface area contributed by atoms with Crippen LogP contribution in [0.2, 0.25) is 0 Å². The van der Waals surface area contributed by atoms with Gasteiger partial charge in [-0.15, -0.1) is 0 Å². The average Bonchev–Trinajstić information content (AvgIpc) is 3.18. The zero-order valence-corrected chi connectivity index (χ0v) is 20.2. The predicted molar refractivity (Wildman–Crippen MR) is 138 cm³/mol. The summed E-state index contributed by atoms with van der Waals surface area (Å²) in [5.74, 6) is -1.00. The van der Waals surface area contributed by atoms with Crippen molar-refractivity contribution in [1.82, 2.24) is 14.9 Å². The molecule has 0 unspecified atom stereocenters. The molecule has 4 aromatic rings. The predicted octanol–water partition coefficient (Wildman–Crippen LogP) is 4.99. The van der Waals surface area contributed by atoms with E-state index in [4.69, 9.17) is 4.74 Å². The fourth-order valence-corrected chi connectivity index (χ4v) is 4.45. The summed E-state index contributed by atoms with van der Waals surface area (Å²) in [5, 5.41) is 11.3. The zero-order chi connectivity index (χ0) is 25.8. The highest BCUT2D eigenvalue weighted by molar-refractivity contribution is 6.46. The van der Waals surface area contributed by atoms with E-state index in [1.54, 1.807) is 73.3 Å². The number of carbonyl (C=O) groups is 2. The van der Waals surface area contributed by atoms with Gasteiger partial charge in [0.25, 0.3) is 11.7 Å². The highest BCUT2D eigenvalue weighted by Gasteiger charge is 2.46. The number of rotatable bonds is 7. The van der Waals surface area contributed by atoms with Crippen molar-refractivity contribution in [2.45, 2.75) is 26.1 Å². The van der Waals surface area contributed by atoms with Gasteiger partial charge in [0.2, 0.25) is 0 Å². The van der Waals surface area contributed by atoms with Crippen molar-refractivity contribution >= 4 is 17.4 Å². The lowest BCUT2D eigenvalue weighted by atomic mass is 9.96. The number of benzene rings is 2. The summed E-state index contributed by atoms with van der Waals surface area (Å²) in [6, 6.07) is 21.2. The van der Waals surface area contributed by atoms with E-state index in [1.165, 1.54) is 4.90 Å². The van der Waals surface area contributed by atoms with Gasteiger partial charge in [0.1, 0.15) is 18.1 Å². The van der Waals surface area contributed by atoms with Crippen LogP contribution in [0.5, 0.6) is 5.75 Å². The van der Waals surface area contributed by atoms with Crippen molar-refractivity contribution in [3.05, 3.63) is 131 Å². The first kappa shape index (κ1) is 23.9. The summed E-state index contributed by atoms with van der Waals surface area (Å²) in [6.07, 6.45) is 6.47. The first-order valence-electron chi connectivity index (χ1n) is 11.9. The van der Waals surface area contributed by atoms with Crippen molar-refractivity contribution < 1.29 is 19.4 Å². The first-order valence-corrected chi connectivity index (χ1v) is 11.9. The Balaban J connectivity index is 1.45. The minimum atomic E-state index is -0.756. The van der Waals surface area contributed by atoms with Gasteiger partial charge in [0.15, 0.2) is 0 Å². The van der Waals surface area contributed by atoms with Gasteiger partial charge in [-0.3, -0.25) is 19.6 Å². The Labute approximate surface area is 214 Å². The SMILES string of the molecule is Cc1cccc(COc2ccc(/C(O)=C3\C(=O)C(=O)N(Cc4ccncc4)[C@H]3c3ccncc3)cc2)c1. The monoisotopic (exact) mass is 491 g/mol. The number of ketones is 1. The second-order valence-corrected chi connectivity index (χ2v) is 8.87. The molecule has 1 fully saturated rings. The molecule has 7 heteroatoms. The maximum atomic E-state index is 13.2. The van der Waals surface area contributed by atoms with Gasteiger partial charge >= 0.3 is 0 Å². The lowest BCUT2D eigenvalue weighted by molar-refractivity contribution is -0.140. The smallest absolute Gasteiger partial charge is 0.295 e. The molecule has 1 atom stereocenters. The second-order valence-electron chi connectivity index (χ2n) is 8.87. The Kier molecular flexibility index (Phi) is 6.76. The summed E-state index contributed by atoms with van der Waals surface area (Å²) in [6.45, 7) is 2.64. The number of carbonyl (C=O) groups excluding carboxylic acids is 2. The van der Waals surface area contributed by atoms with Crippen molar-refractivity contribution in [3.63, 3.8) is 0 Å². The number of hydrogen-bond acceptors (Lipinski definition) is 6. The second kappa shape index (κ2) is 10.5. The van der Waals surface area contributed by atoms with E-state index >= 15 is 0 Å². The summed E-state index contributed by atoms with van der Waals surface area (Å²) < 4.78 is 5.88. The quantitative estimate of drug-likeness (QED) is 0.223. The van der Waals surface area contributed by atoms with Crippen molar-refractivity contribution in [2.24, 2.45) is 0 Å². The maximum Gasteiger partial charge on any atom is 0.295 e. The number of aliphatic hydroxyl groups excluding tert-OH is 1. The summed E-state index contributed by atoms with van der Waals surface area (Å²) in [5.41, 5.74) is 4.18. The van der Waals surface area contributed by atoms with Crippen LogP contribution in [0.4, 0.5) is 0 Å². The number of ether oxygens (including phenoxy) is 1. The Bertz CT molecular complexity index is 1450. The fourth-order valence-electron chi connectivity index (χ4n) is 4.45. The van der Waals surface area contributed by atoms with Gasteiger partial charge in [-0.2, -0.15) is 0 Å². The summed E-state index contributed by atoms with van der Waals surface area (Å²) in [7, 11) is 0. The fraction of sp³-hybridized carbons (Fsp3) is 0.133. The van der Waals surface area contributed by atoms with Crippen LogP contribution >= 0.6 is 0 Å². The number of pyridine rings is 2. The van der Waals surface area contributed by atoms with Gasteiger partial charge in [0, 0.05) is 36.9 Å². The van der Waals surface area contributed by atoms with Crippen LogP contribution in [-0.4, -0.2) is 31.7 Å². The number of Topliss-reactive ketones (excluding diaryl/α,β-unsaturated/α-hetero) is 1. The molecular formula is C30H25N3O4. The van der Waals surface area contributed by atoms with E-state index in [2.05, 4.69) is 16.0 Å². The molecule has 2 aromatic heterocycles. The molecule has 2 aromatic carbocycles. The molecule has 1 aliphatic heterocycles. The summed E-state index contributed by atoms with van der Waals surface area (Å²) in [4.78, 5) is 35.9. The Morgan fingerprint density at radius 2 is 1.57 bits per heavy atom. The van der Waals surface area contributed by atoms with Crippen LogP contribution in [0.3, 0.4) is 0 Å². The van der Waals surface area contributed by atoms with E-state index in [0.717, 1.165) is 16.7 Å². The van der Waals surface area contributed by atoms with Crippen LogP contribution in [0.25, 0.3) is 5.76 Å². The van der Waals surface area contributed by atoms with Crippen molar-refractivity contribution in [3.8, 4) is 5.75 Å². The molecular weight excluding hydrogens is 466 g/mol. The third-order valence-corrected chi connectivity index (χ3v) is 6.28. The molecule has 1 amide bonds. The van der Waals surface area contributed by atoms with Crippen LogP contribution in [-0.2, 0) is 22.7 Å². The molecule has 1 saturated heterocycles. The Morgan fingerprint density at radius 1 is 0.892 bits per heavy atom. The molecule has 0 saturated carbocycles. The molecule has 37 heavy (non-hydrogen) atoms. The van der Waals surface area contributed by atoms with Gasteiger partial charge in [-0.05, 0) is 72.1 Å². The number of amides is 1. The highest BCUT2D eigenvalue weighted by Crippen LogP contribution is 2.40. The molecule has 0 aliphatic carbocycles.